The molecule has 0 fully saturated rings. The topological polar surface area (TPSA) is 95.5 Å². The molecule has 37 heavy (non-hydrogen) atoms. The van der Waals surface area contributed by atoms with E-state index < -0.39 is 11.7 Å². The number of carbonyl (C=O) groups is 1. The monoisotopic (exact) mass is 498 g/mol. The number of halogens is 1. The lowest BCUT2D eigenvalue weighted by atomic mass is 10.0. The molecule has 0 spiro atoms. The SMILES string of the molecule is C=N/C=C(\C=C(/C)c1ccc2[nH]nc(C(=O)Nc3ccc(Oc4ccccc4F)nc3)c2c1)CN(C)C. The standard InChI is InChI=1S/C28H27FN6O2/c1-18(13-19(15-30-2)17-35(3)4)20-9-11-24-22(14-20)27(34-33-24)28(36)32-21-10-12-26(31-16-21)37-25-8-6-5-7-23(25)29/h5-16H,2,17H2,1,3-4H3,(H,32,36)(H,33,34)/b18-13+,19-15+. The van der Waals surface area contributed by atoms with Gasteiger partial charge in [0.1, 0.15) is 0 Å². The van der Waals surface area contributed by atoms with Gasteiger partial charge in [0.05, 0.1) is 17.4 Å². The Morgan fingerprint density at radius 1 is 1.22 bits per heavy atom. The van der Waals surface area contributed by atoms with Crippen LogP contribution in [-0.2, 0) is 0 Å². The lowest BCUT2D eigenvalue weighted by Crippen LogP contribution is -2.14. The van der Waals surface area contributed by atoms with E-state index in [1.165, 1.54) is 18.3 Å². The molecule has 9 heteroatoms. The van der Waals surface area contributed by atoms with Crippen LogP contribution in [0.3, 0.4) is 0 Å². The summed E-state index contributed by atoms with van der Waals surface area (Å²) in [6.07, 6.45) is 5.22. The van der Waals surface area contributed by atoms with Gasteiger partial charge in [0.15, 0.2) is 17.3 Å². The van der Waals surface area contributed by atoms with E-state index in [4.69, 9.17) is 4.74 Å². The molecule has 0 saturated carbocycles. The first kappa shape index (κ1) is 25.5. The number of aliphatic imine (C=N–C) groups is 1. The number of H-pyrrole nitrogens is 1. The minimum atomic E-state index is -0.487. The molecule has 0 aliphatic carbocycles. The normalized spacial score (nSPS) is 12.1. The number of hydrogen-bond acceptors (Lipinski definition) is 6. The van der Waals surface area contributed by atoms with Gasteiger partial charge in [-0.05, 0) is 74.8 Å². The van der Waals surface area contributed by atoms with Crippen LogP contribution in [0.25, 0.3) is 16.5 Å². The van der Waals surface area contributed by atoms with Crippen LogP contribution in [0, 0.1) is 5.82 Å². The van der Waals surface area contributed by atoms with E-state index in [0.29, 0.717) is 11.1 Å². The highest BCUT2D eigenvalue weighted by molar-refractivity contribution is 6.11. The zero-order chi connectivity index (χ0) is 26.4. The average Bonchev–Trinajstić information content (AvgIpc) is 3.30. The molecule has 0 aliphatic heterocycles. The van der Waals surface area contributed by atoms with Crippen molar-refractivity contribution in [3.63, 3.8) is 0 Å². The summed E-state index contributed by atoms with van der Waals surface area (Å²) in [4.78, 5) is 23.1. The Hall–Kier alpha value is -4.63. The molecule has 2 heterocycles. The van der Waals surface area contributed by atoms with E-state index in [0.717, 1.165) is 28.8 Å². The number of benzene rings is 2. The van der Waals surface area contributed by atoms with Crippen LogP contribution in [0.1, 0.15) is 23.0 Å². The summed E-state index contributed by atoms with van der Waals surface area (Å²) >= 11 is 0. The van der Waals surface area contributed by atoms with Crippen molar-refractivity contribution in [1.29, 1.82) is 0 Å². The van der Waals surface area contributed by atoms with Gasteiger partial charge in [0.2, 0.25) is 5.88 Å². The van der Waals surface area contributed by atoms with E-state index in [-0.39, 0.29) is 17.3 Å². The van der Waals surface area contributed by atoms with Gasteiger partial charge in [-0.15, -0.1) is 0 Å². The number of ether oxygens (including phenoxy) is 1. The molecule has 1 amide bonds. The quantitative estimate of drug-likeness (QED) is 0.228. The fourth-order valence-corrected chi connectivity index (χ4v) is 3.75. The Kier molecular flexibility index (Phi) is 7.85. The average molecular weight is 499 g/mol. The molecule has 0 aliphatic rings. The van der Waals surface area contributed by atoms with Crippen molar-refractivity contribution in [3.8, 4) is 11.6 Å². The molecule has 4 rings (SSSR count). The van der Waals surface area contributed by atoms with Crippen LogP contribution < -0.4 is 10.1 Å². The predicted octanol–water partition coefficient (Wildman–Crippen LogP) is 5.69. The number of anilines is 1. The molecule has 2 aromatic heterocycles. The maximum atomic E-state index is 13.8. The number of pyridine rings is 1. The summed E-state index contributed by atoms with van der Waals surface area (Å²) in [6.45, 7) is 6.28. The first-order valence-corrected chi connectivity index (χ1v) is 11.5. The molecule has 0 saturated heterocycles. The molecule has 0 unspecified atom stereocenters. The lowest BCUT2D eigenvalue weighted by Gasteiger charge is -2.11. The number of likely N-dealkylation sites (N-methyl/N-ethyl adjacent to an activating group) is 1. The van der Waals surface area contributed by atoms with E-state index in [2.05, 4.69) is 37.1 Å². The summed E-state index contributed by atoms with van der Waals surface area (Å²) in [5, 5.41) is 10.6. The van der Waals surface area contributed by atoms with Crippen molar-refractivity contribution in [2.45, 2.75) is 6.92 Å². The van der Waals surface area contributed by atoms with Crippen LogP contribution in [0.5, 0.6) is 11.6 Å². The molecular weight excluding hydrogens is 471 g/mol. The number of nitrogens with one attached hydrogen (secondary N) is 2. The fourth-order valence-electron chi connectivity index (χ4n) is 3.75. The summed E-state index contributed by atoms with van der Waals surface area (Å²) < 4.78 is 19.3. The van der Waals surface area contributed by atoms with Gasteiger partial charge in [-0.1, -0.05) is 24.3 Å². The number of allylic oxidation sites excluding steroid dienone is 1. The molecular formula is C28H27FN6O2. The van der Waals surface area contributed by atoms with Crippen molar-refractivity contribution < 1.29 is 13.9 Å². The first-order valence-electron chi connectivity index (χ1n) is 11.5. The van der Waals surface area contributed by atoms with Crippen LogP contribution in [0.15, 0.2) is 83.6 Å². The summed E-state index contributed by atoms with van der Waals surface area (Å²) in [6, 6.07) is 15.0. The highest BCUT2D eigenvalue weighted by Crippen LogP contribution is 2.25. The molecule has 4 aromatic rings. The first-order chi connectivity index (χ1) is 17.8. The largest absolute Gasteiger partial charge is 0.436 e. The molecule has 0 bridgehead atoms. The van der Waals surface area contributed by atoms with Crippen molar-refractivity contribution >= 4 is 34.8 Å². The van der Waals surface area contributed by atoms with Gasteiger partial charge in [0, 0.05) is 24.2 Å². The zero-order valence-corrected chi connectivity index (χ0v) is 20.8. The number of para-hydroxylation sites is 1. The van der Waals surface area contributed by atoms with Gasteiger partial charge >= 0.3 is 0 Å². The van der Waals surface area contributed by atoms with E-state index in [1.54, 1.807) is 30.5 Å². The van der Waals surface area contributed by atoms with Crippen molar-refractivity contribution in [1.82, 2.24) is 20.1 Å². The number of fused-ring (bicyclic) bond motifs is 1. The van der Waals surface area contributed by atoms with Gasteiger partial charge in [0.25, 0.3) is 5.91 Å². The van der Waals surface area contributed by atoms with Crippen molar-refractivity contribution in [3.05, 3.63) is 95.7 Å². The fraction of sp³-hybridized carbons (Fsp3) is 0.143. The highest BCUT2D eigenvalue weighted by Gasteiger charge is 2.16. The predicted molar refractivity (Wildman–Crippen MR) is 145 cm³/mol. The third-order valence-electron chi connectivity index (χ3n) is 5.44. The molecule has 2 aromatic carbocycles. The van der Waals surface area contributed by atoms with E-state index in [1.807, 2.05) is 45.3 Å². The second-order valence-corrected chi connectivity index (χ2v) is 8.66. The zero-order valence-electron chi connectivity index (χ0n) is 20.8. The van der Waals surface area contributed by atoms with E-state index >= 15 is 0 Å². The number of nitrogens with zero attached hydrogens (tertiary/aromatic N) is 4. The van der Waals surface area contributed by atoms with Crippen LogP contribution >= 0.6 is 0 Å². The Balaban J connectivity index is 1.52. The number of amides is 1. The maximum Gasteiger partial charge on any atom is 0.276 e. The molecule has 188 valence electrons. The molecule has 2 N–H and O–H groups in total. The van der Waals surface area contributed by atoms with Crippen LogP contribution in [0.2, 0.25) is 0 Å². The molecule has 8 nitrogen and oxygen atoms in total. The third kappa shape index (κ3) is 6.33. The lowest BCUT2D eigenvalue weighted by molar-refractivity contribution is 0.102. The second-order valence-electron chi connectivity index (χ2n) is 8.66. The summed E-state index contributed by atoms with van der Waals surface area (Å²) in [7, 11) is 3.98. The Bertz CT molecular complexity index is 1490. The summed E-state index contributed by atoms with van der Waals surface area (Å²) in [5.74, 6) is -0.605. The van der Waals surface area contributed by atoms with Gasteiger partial charge in [-0.2, -0.15) is 5.10 Å². The minimum absolute atomic E-state index is 0.0695. The number of aromatic amines is 1. The Morgan fingerprint density at radius 3 is 2.73 bits per heavy atom. The Labute approximate surface area is 214 Å². The summed E-state index contributed by atoms with van der Waals surface area (Å²) in [5.41, 5.74) is 4.43. The number of aromatic nitrogens is 3. The molecule has 0 radical (unpaired) electrons. The van der Waals surface area contributed by atoms with Crippen molar-refractivity contribution in [2.24, 2.45) is 4.99 Å². The maximum absolute atomic E-state index is 13.8. The smallest absolute Gasteiger partial charge is 0.276 e. The van der Waals surface area contributed by atoms with Crippen LogP contribution in [-0.4, -0.2) is 53.3 Å². The third-order valence-corrected chi connectivity index (χ3v) is 5.44. The number of rotatable bonds is 9. The number of carbonyl (C=O) groups excluding carboxylic acids is 1. The second kappa shape index (κ2) is 11.4. The van der Waals surface area contributed by atoms with Crippen LogP contribution in [0.4, 0.5) is 10.1 Å². The van der Waals surface area contributed by atoms with Gasteiger partial charge in [-0.3, -0.25) is 14.9 Å². The Morgan fingerprint density at radius 2 is 2.03 bits per heavy atom. The van der Waals surface area contributed by atoms with E-state index in [9.17, 15) is 9.18 Å². The van der Waals surface area contributed by atoms with Crippen molar-refractivity contribution in [2.75, 3.05) is 26.0 Å². The highest BCUT2D eigenvalue weighted by atomic mass is 19.1. The number of hydrogen-bond donors (Lipinski definition) is 2. The van der Waals surface area contributed by atoms with Gasteiger partial charge < -0.3 is 15.0 Å². The minimum Gasteiger partial charge on any atom is -0.436 e. The molecule has 0 atom stereocenters. The van der Waals surface area contributed by atoms with Gasteiger partial charge in [-0.25, -0.2) is 9.37 Å².